The van der Waals surface area contributed by atoms with Crippen molar-refractivity contribution in [2.24, 2.45) is 0 Å². The van der Waals surface area contributed by atoms with E-state index in [-0.39, 0.29) is 5.82 Å². The number of aliphatic hydroxyl groups is 1. The van der Waals surface area contributed by atoms with Crippen molar-refractivity contribution in [3.63, 3.8) is 0 Å². The minimum atomic E-state index is -0.977. The Hall–Kier alpha value is -2.26. The number of aliphatic hydroxyl groups excluding tert-OH is 1. The van der Waals surface area contributed by atoms with E-state index in [2.05, 4.69) is 4.98 Å². The summed E-state index contributed by atoms with van der Waals surface area (Å²) in [7, 11) is 0. The van der Waals surface area contributed by atoms with E-state index in [9.17, 15) is 9.50 Å². The number of aryl methyl sites for hydroxylation is 2. The van der Waals surface area contributed by atoms with Gasteiger partial charge in [0.1, 0.15) is 11.9 Å². The summed E-state index contributed by atoms with van der Waals surface area (Å²) in [5.74, 6) is -0.369. The summed E-state index contributed by atoms with van der Waals surface area (Å²) in [5.41, 5.74) is 3.47. The SMILES string of the molecule is Cc1cc(C)c(C(O)c2ccc3ncccc3c2)c(F)c1. The molecule has 0 aliphatic heterocycles. The van der Waals surface area contributed by atoms with Crippen LogP contribution in [0.2, 0.25) is 0 Å². The standard InChI is InChI=1S/C18H16FNO/c1-11-8-12(2)17(15(19)9-11)18(21)14-5-6-16-13(10-14)4-3-7-20-16/h3-10,18,21H,1-2H3. The second-order valence-electron chi connectivity index (χ2n) is 5.34. The second kappa shape index (κ2) is 5.26. The molecule has 0 saturated carbocycles. The predicted molar refractivity (Wildman–Crippen MR) is 81.7 cm³/mol. The lowest BCUT2D eigenvalue weighted by Gasteiger charge is -2.16. The van der Waals surface area contributed by atoms with Crippen LogP contribution in [0.25, 0.3) is 10.9 Å². The molecule has 0 aliphatic carbocycles. The fourth-order valence-electron chi connectivity index (χ4n) is 2.70. The molecule has 0 amide bonds. The summed E-state index contributed by atoms with van der Waals surface area (Å²) in [5, 5.41) is 11.5. The summed E-state index contributed by atoms with van der Waals surface area (Å²) < 4.78 is 14.2. The van der Waals surface area contributed by atoms with Crippen LogP contribution in [0.3, 0.4) is 0 Å². The third-order valence-electron chi connectivity index (χ3n) is 3.70. The van der Waals surface area contributed by atoms with Crippen LogP contribution in [0.4, 0.5) is 4.39 Å². The molecule has 0 spiro atoms. The van der Waals surface area contributed by atoms with Crippen LogP contribution in [-0.2, 0) is 0 Å². The molecular formula is C18H16FNO. The van der Waals surface area contributed by atoms with Gasteiger partial charge in [-0.1, -0.05) is 18.2 Å². The highest BCUT2D eigenvalue weighted by Crippen LogP contribution is 2.29. The predicted octanol–water partition coefficient (Wildman–Crippen LogP) is 4.07. The van der Waals surface area contributed by atoms with Crippen molar-refractivity contribution in [1.82, 2.24) is 4.98 Å². The maximum Gasteiger partial charge on any atom is 0.129 e. The minimum Gasteiger partial charge on any atom is -0.384 e. The van der Waals surface area contributed by atoms with E-state index in [0.29, 0.717) is 11.1 Å². The molecule has 106 valence electrons. The Morgan fingerprint density at radius 1 is 1.10 bits per heavy atom. The molecule has 2 nitrogen and oxygen atoms in total. The maximum absolute atomic E-state index is 14.2. The zero-order valence-electron chi connectivity index (χ0n) is 12.0. The summed E-state index contributed by atoms with van der Waals surface area (Å²) in [4.78, 5) is 4.25. The highest BCUT2D eigenvalue weighted by atomic mass is 19.1. The first-order chi connectivity index (χ1) is 10.1. The quantitative estimate of drug-likeness (QED) is 0.768. The van der Waals surface area contributed by atoms with E-state index in [1.165, 1.54) is 6.07 Å². The van der Waals surface area contributed by atoms with Crippen molar-refractivity contribution < 1.29 is 9.50 Å². The topological polar surface area (TPSA) is 33.1 Å². The third-order valence-corrected chi connectivity index (χ3v) is 3.70. The number of fused-ring (bicyclic) bond motifs is 1. The summed E-state index contributed by atoms with van der Waals surface area (Å²) in [6, 6.07) is 12.6. The molecule has 0 saturated heterocycles. The molecule has 21 heavy (non-hydrogen) atoms. The van der Waals surface area contributed by atoms with E-state index >= 15 is 0 Å². The van der Waals surface area contributed by atoms with Gasteiger partial charge in [0, 0.05) is 17.1 Å². The second-order valence-corrected chi connectivity index (χ2v) is 5.34. The first kappa shape index (κ1) is 13.7. The number of pyridine rings is 1. The van der Waals surface area contributed by atoms with E-state index in [1.54, 1.807) is 12.3 Å². The van der Waals surface area contributed by atoms with Gasteiger partial charge >= 0.3 is 0 Å². The van der Waals surface area contributed by atoms with Crippen LogP contribution in [-0.4, -0.2) is 10.1 Å². The van der Waals surface area contributed by atoms with Crippen molar-refractivity contribution in [3.8, 4) is 0 Å². The number of aromatic nitrogens is 1. The van der Waals surface area contributed by atoms with Gasteiger partial charge < -0.3 is 5.11 Å². The molecule has 3 aromatic rings. The van der Waals surface area contributed by atoms with Crippen molar-refractivity contribution in [2.75, 3.05) is 0 Å². The fraction of sp³-hybridized carbons (Fsp3) is 0.167. The number of hydrogen-bond acceptors (Lipinski definition) is 2. The van der Waals surface area contributed by atoms with Gasteiger partial charge in [0.05, 0.1) is 5.52 Å². The molecule has 0 fully saturated rings. The largest absolute Gasteiger partial charge is 0.384 e. The Balaban J connectivity index is 2.10. The summed E-state index contributed by atoms with van der Waals surface area (Å²) in [6.07, 6.45) is 0.748. The molecule has 0 bridgehead atoms. The minimum absolute atomic E-state index is 0.337. The zero-order chi connectivity index (χ0) is 15.0. The molecule has 1 heterocycles. The number of halogens is 1. The Morgan fingerprint density at radius 3 is 2.67 bits per heavy atom. The van der Waals surface area contributed by atoms with E-state index in [1.807, 2.05) is 44.2 Å². The Labute approximate surface area is 122 Å². The average molecular weight is 281 g/mol. The lowest BCUT2D eigenvalue weighted by atomic mass is 9.94. The smallest absolute Gasteiger partial charge is 0.129 e. The Bertz CT molecular complexity index is 790. The van der Waals surface area contributed by atoms with Gasteiger partial charge in [0.25, 0.3) is 0 Å². The van der Waals surface area contributed by atoms with Crippen LogP contribution < -0.4 is 0 Å². The number of nitrogens with zero attached hydrogens (tertiary/aromatic N) is 1. The van der Waals surface area contributed by atoms with Crippen LogP contribution in [0.1, 0.15) is 28.4 Å². The monoisotopic (exact) mass is 281 g/mol. The average Bonchev–Trinajstić information content (AvgIpc) is 2.45. The summed E-state index contributed by atoms with van der Waals surface area (Å²) >= 11 is 0. The van der Waals surface area contributed by atoms with E-state index in [0.717, 1.165) is 22.0 Å². The molecular weight excluding hydrogens is 265 g/mol. The van der Waals surface area contributed by atoms with Gasteiger partial charge in [-0.05, 0) is 54.8 Å². The van der Waals surface area contributed by atoms with Crippen LogP contribution in [0.5, 0.6) is 0 Å². The lowest BCUT2D eigenvalue weighted by molar-refractivity contribution is 0.214. The van der Waals surface area contributed by atoms with Gasteiger partial charge in [-0.2, -0.15) is 0 Å². The number of hydrogen-bond donors (Lipinski definition) is 1. The van der Waals surface area contributed by atoms with Crippen molar-refractivity contribution in [3.05, 3.63) is 76.7 Å². The molecule has 0 radical (unpaired) electrons. The third kappa shape index (κ3) is 2.52. The van der Waals surface area contributed by atoms with Crippen LogP contribution in [0, 0.1) is 19.7 Å². The summed E-state index contributed by atoms with van der Waals surface area (Å²) in [6.45, 7) is 3.66. The molecule has 1 atom stereocenters. The van der Waals surface area contributed by atoms with Crippen molar-refractivity contribution in [2.45, 2.75) is 20.0 Å². The van der Waals surface area contributed by atoms with E-state index in [4.69, 9.17) is 0 Å². The highest BCUT2D eigenvalue weighted by molar-refractivity contribution is 5.79. The maximum atomic E-state index is 14.2. The lowest BCUT2D eigenvalue weighted by Crippen LogP contribution is -2.06. The number of benzene rings is 2. The van der Waals surface area contributed by atoms with Crippen LogP contribution >= 0.6 is 0 Å². The van der Waals surface area contributed by atoms with Crippen molar-refractivity contribution in [1.29, 1.82) is 0 Å². The first-order valence-corrected chi connectivity index (χ1v) is 6.85. The van der Waals surface area contributed by atoms with Gasteiger partial charge in [0.15, 0.2) is 0 Å². The van der Waals surface area contributed by atoms with Gasteiger partial charge in [0.2, 0.25) is 0 Å². The molecule has 3 heteroatoms. The molecule has 0 aliphatic rings. The Morgan fingerprint density at radius 2 is 1.90 bits per heavy atom. The van der Waals surface area contributed by atoms with Crippen molar-refractivity contribution >= 4 is 10.9 Å². The highest BCUT2D eigenvalue weighted by Gasteiger charge is 2.18. The van der Waals surface area contributed by atoms with Gasteiger partial charge in [-0.25, -0.2) is 4.39 Å². The molecule has 1 unspecified atom stereocenters. The first-order valence-electron chi connectivity index (χ1n) is 6.85. The molecule has 3 rings (SSSR count). The fourth-order valence-corrected chi connectivity index (χ4v) is 2.70. The van der Waals surface area contributed by atoms with Gasteiger partial charge in [-0.3, -0.25) is 4.98 Å². The normalized spacial score (nSPS) is 12.6. The van der Waals surface area contributed by atoms with Crippen LogP contribution in [0.15, 0.2) is 48.7 Å². The Kier molecular flexibility index (Phi) is 3.43. The van der Waals surface area contributed by atoms with Gasteiger partial charge in [-0.15, -0.1) is 0 Å². The number of rotatable bonds is 2. The molecule has 1 N–H and O–H groups in total. The van der Waals surface area contributed by atoms with E-state index < -0.39 is 6.10 Å². The zero-order valence-corrected chi connectivity index (χ0v) is 12.0. The molecule has 2 aromatic carbocycles. The molecule has 1 aromatic heterocycles.